The Morgan fingerprint density at radius 1 is 1.23 bits per heavy atom. The van der Waals surface area contributed by atoms with Gasteiger partial charge in [-0.1, -0.05) is 11.6 Å². The Hall–Kier alpha value is -2.88. The number of halogens is 5. The topological polar surface area (TPSA) is 81.5 Å². The smallest absolute Gasteiger partial charge is 0.418 e. The monoisotopic (exact) mass is 392 g/mol. The second-order valence-corrected chi connectivity index (χ2v) is 5.30. The molecule has 0 fully saturated rings. The van der Waals surface area contributed by atoms with Crippen molar-refractivity contribution in [3.63, 3.8) is 0 Å². The van der Waals surface area contributed by atoms with E-state index in [0.717, 1.165) is 30.3 Å². The Bertz CT molecular complexity index is 858. The van der Waals surface area contributed by atoms with Crippen molar-refractivity contribution in [3.05, 3.63) is 62.9 Å². The number of hydrogen-bond donors (Lipinski definition) is 1. The SMILES string of the molecule is O=C(COc1ccc(F)cc1Cl)Nc1ccc([N+](=O)[O-])cc1C(F)(F)F. The van der Waals surface area contributed by atoms with Crippen molar-refractivity contribution in [2.75, 3.05) is 11.9 Å². The average Bonchev–Trinajstić information content (AvgIpc) is 2.53. The van der Waals surface area contributed by atoms with Crippen molar-refractivity contribution in [1.82, 2.24) is 0 Å². The van der Waals surface area contributed by atoms with E-state index in [0.29, 0.717) is 6.07 Å². The van der Waals surface area contributed by atoms with Gasteiger partial charge in [-0.25, -0.2) is 4.39 Å². The maximum absolute atomic E-state index is 13.0. The lowest BCUT2D eigenvalue weighted by molar-refractivity contribution is -0.385. The summed E-state index contributed by atoms with van der Waals surface area (Å²) in [6.07, 6.45) is -4.92. The summed E-state index contributed by atoms with van der Waals surface area (Å²) in [7, 11) is 0. The third-order valence-electron chi connectivity index (χ3n) is 3.05. The van der Waals surface area contributed by atoms with Crippen LogP contribution in [0.1, 0.15) is 5.56 Å². The summed E-state index contributed by atoms with van der Waals surface area (Å²) in [5.74, 6) is -1.64. The van der Waals surface area contributed by atoms with Gasteiger partial charge in [-0.05, 0) is 24.3 Å². The number of nitro benzene ring substituents is 1. The number of alkyl halides is 3. The zero-order chi connectivity index (χ0) is 19.5. The van der Waals surface area contributed by atoms with E-state index in [1.807, 2.05) is 5.32 Å². The van der Waals surface area contributed by atoms with E-state index in [4.69, 9.17) is 16.3 Å². The molecule has 6 nitrogen and oxygen atoms in total. The van der Waals surface area contributed by atoms with Crippen molar-refractivity contribution in [2.45, 2.75) is 6.18 Å². The molecule has 0 heterocycles. The van der Waals surface area contributed by atoms with Crippen LogP contribution in [-0.4, -0.2) is 17.4 Å². The Labute approximate surface area is 148 Å². The molecule has 0 atom stereocenters. The highest BCUT2D eigenvalue weighted by Crippen LogP contribution is 2.37. The van der Waals surface area contributed by atoms with Gasteiger partial charge in [0.15, 0.2) is 6.61 Å². The lowest BCUT2D eigenvalue weighted by atomic mass is 10.1. The first-order valence-corrected chi connectivity index (χ1v) is 7.19. The van der Waals surface area contributed by atoms with Crippen LogP contribution >= 0.6 is 11.6 Å². The molecule has 1 N–H and O–H groups in total. The number of nitrogens with one attached hydrogen (secondary N) is 1. The zero-order valence-corrected chi connectivity index (χ0v) is 13.4. The second-order valence-electron chi connectivity index (χ2n) is 4.90. The normalized spacial score (nSPS) is 11.1. The molecule has 1 amide bonds. The molecule has 0 bridgehead atoms. The first-order chi connectivity index (χ1) is 12.1. The first-order valence-electron chi connectivity index (χ1n) is 6.81. The van der Waals surface area contributed by atoms with E-state index in [9.17, 15) is 32.5 Å². The van der Waals surface area contributed by atoms with Gasteiger partial charge in [0.2, 0.25) is 0 Å². The molecule has 0 spiro atoms. The summed E-state index contributed by atoms with van der Waals surface area (Å²) < 4.78 is 57.0. The summed E-state index contributed by atoms with van der Waals surface area (Å²) in [5.41, 5.74) is -2.81. The summed E-state index contributed by atoms with van der Waals surface area (Å²) in [5, 5.41) is 12.5. The molecule has 0 saturated heterocycles. The zero-order valence-electron chi connectivity index (χ0n) is 12.6. The molecule has 2 aromatic rings. The van der Waals surface area contributed by atoms with Crippen molar-refractivity contribution >= 4 is 28.9 Å². The van der Waals surface area contributed by atoms with Crippen molar-refractivity contribution < 1.29 is 32.0 Å². The quantitative estimate of drug-likeness (QED) is 0.464. The number of hydrogen-bond acceptors (Lipinski definition) is 4. The fraction of sp³-hybridized carbons (Fsp3) is 0.133. The number of ether oxygens (including phenoxy) is 1. The van der Waals surface area contributed by atoms with Crippen molar-refractivity contribution in [1.29, 1.82) is 0 Å². The number of nitro groups is 1. The van der Waals surface area contributed by atoms with Crippen LogP contribution in [0.3, 0.4) is 0 Å². The van der Waals surface area contributed by atoms with E-state index in [1.54, 1.807) is 0 Å². The number of benzene rings is 2. The van der Waals surface area contributed by atoms with Crippen LogP contribution in [0.5, 0.6) is 5.75 Å². The number of non-ortho nitro benzene ring substituents is 1. The predicted octanol–water partition coefficient (Wildman–Crippen LogP) is 4.42. The maximum atomic E-state index is 13.0. The number of carbonyl (C=O) groups is 1. The minimum atomic E-state index is -4.92. The average molecular weight is 393 g/mol. The van der Waals surface area contributed by atoms with Gasteiger partial charge in [0.05, 0.1) is 21.2 Å². The molecule has 2 aromatic carbocycles. The van der Waals surface area contributed by atoms with Gasteiger partial charge in [0, 0.05) is 12.1 Å². The van der Waals surface area contributed by atoms with Crippen LogP contribution in [0.25, 0.3) is 0 Å². The second kappa shape index (κ2) is 7.56. The highest BCUT2D eigenvalue weighted by molar-refractivity contribution is 6.32. The van der Waals surface area contributed by atoms with Gasteiger partial charge in [0.1, 0.15) is 11.6 Å². The van der Waals surface area contributed by atoms with E-state index in [2.05, 4.69) is 0 Å². The van der Waals surface area contributed by atoms with Crippen LogP contribution in [0, 0.1) is 15.9 Å². The molecule has 0 aromatic heterocycles. The van der Waals surface area contributed by atoms with Crippen LogP contribution < -0.4 is 10.1 Å². The van der Waals surface area contributed by atoms with E-state index in [1.165, 1.54) is 0 Å². The van der Waals surface area contributed by atoms with Gasteiger partial charge >= 0.3 is 6.18 Å². The molecule has 0 saturated carbocycles. The van der Waals surface area contributed by atoms with Crippen molar-refractivity contribution in [3.8, 4) is 5.75 Å². The summed E-state index contributed by atoms with van der Waals surface area (Å²) in [6, 6.07) is 5.02. The largest absolute Gasteiger partial charge is 0.482 e. The fourth-order valence-electron chi connectivity index (χ4n) is 1.91. The lowest BCUT2D eigenvalue weighted by Gasteiger charge is -2.14. The molecule has 0 radical (unpaired) electrons. The van der Waals surface area contributed by atoms with E-state index in [-0.39, 0.29) is 10.8 Å². The molecular weight excluding hydrogens is 384 g/mol. The van der Waals surface area contributed by atoms with Gasteiger partial charge < -0.3 is 10.1 Å². The van der Waals surface area contributed by atoms with Gasteiger partial charge in [-0.3, -0.25) is 14.9 Å². The van der Waals surface area contributed by atoms with Crippen LogP contribution in [0.4, 0.5) is 28.9 Å². The summed E-state index contributed by atoms with van der Waals surface area (Å²) >= 11 is 5.70. The summed E-state index contributed by atoms with van der Waals surface area (Å²) in [4.78, 5) is 21.4. The molecular formula is C15H9ClF4N2O4. The summed E-state index contributed by atoms with van der Waals surface area (Å²) in [6.45, 7) is -0.709. The molecule has 138 valence electrons. The standard InChI is InChI=1S/C15H9ClF4N2O4/c16-11-5-8(17)1-4-13(11)26-7-14(23)21-12-3-2-9(22(24)25)6-10(12)15(18,19)20/h1-6H,7H2,(H,21,23). The maximum Gasteiger partial charge on any atom is 0.418 e. The third-order valence-corrected chi connectivity index (χ3v) is 3.34. The minimum Gasteiger partial charge on any atom is -0.482 e. The first kappa shape index (κ1) is 19.4. The molecule has 26 heavy (non-hydrogen) atoms. The Morgan fingerprint density at radius 3 is 2.50 bits per heavy atom. The number of carbonyl (C=O) groups excluding carboxylic acids is 1. The van der Waals surface area contributed by atoms with Gasteiger partial charge in [-0.15, -0.1) is 0 Å². The number of anilines is 1. The number of amides is 1. The van der Waals surface area contributed by atoms with Crippen LogP contribution in [-0.2, 0) is 11.0 Å². The Morgan fingerprint density at radius 2 is 1.92 bits per heavy atom. The highest BCUT2D eigenvalue weighted by Gasteiger charge is 2.35. The lowest BCUT2D eigenvalue weighted by Crippen LogP contribution is -2.22. The third kappa shape index (κ3) is 4.82. The number of rotatable bonds is 5. The molecule has 0 aliphatic carbocycles. The Balaban J connectivity index is 2.14. The Kier molecular flexibility index (Phi) is 5.66. The van der Waals surface area contributed by atoms with Gasteiger partial charge in [0.25, 0.3) is 11.6 Å². The fourth-order valence-corrected chi connectivity index (χ4v) is 2.13. The van der Waals surface area contributed by atoms with Crippen LogP contribution in [0.2, 0.25) is 5.02 Å². The minimum absolute atomic E-state index is 0.0389. The van der Waals surface area contributed by atoms with Crippen LogP contribution in [0.15, 0.2) is 36.4 Å². The molecule has 2 rings (SSSR count). The van der Waals surface area contributed by atoms with E-state index < -0.39 is 46.4 Å². The molecule has 0 aliphatic rings. The molecule has 11 heteroatoms. The van der Waals surface area contributed by atoms with E-state index >= 15 is 0 Å². The predicted molar refractivity (Wildman–Crippen MR) is 83.6 cm³/mol. The molecule has 0 unspecified atom stereocenters. The number of nitrogens with zero attached hydrogens (tertiary/aromatic N) is 1. The van der Waals surface area contributed by atoms with Gasteiger partial charge in [-0.2, -0.15) is 13.2 Å². The molecule has 0 aliphatic heterocycles. The van der Waals surface area contributed by atoms with Crippen molar-refractivity contribution in [2.24, 2.45) is 0 Å². The highest BCUT2D eigenvalue weighted by atomic mass is 35.5.